The molecule has 0 aromatic rings. The van der Waals surface area contributed by atoms with Crippen LogP contribution in [0.1, 0.15) is 39.5 Å². The summed E-state index contributed by atoms with van der Waals surface area (Å²) in [6.45, 7) is 7.54. The third-order valence-corrected chi connectivity index (χ3v) is 3.11. The van der Waals surface area contributed by atoms with Gasteiger partial charge in [0.05, 0.1) is 5.60 Å². The summed E-state index contributed by atoms with van der Waals surface area (Å²) in [5.74, 6) is 0.761. The van der Waals surface area contributed by atoms with E-state index in [1.807, 2.05) is 0 Å². The Bertz CT molecular complexity index is 165. The van der Waals surface area contributed by atoms with E-state index in [1.165, 1.54) is 6.42 Å². The van der Waals surface area contributed by atoms with Gasteiger partial charge in [-0.3, -0.25) is 0 Å². The van der Waals surface area contributed by atoms with Gasteiger partial charge in [-0.1, -0.05) is 13.8 Å². The van der Waals surface area contributed by atoms with Gasteiger partial charge in [-0.2, -0.15) is 0 Å². The standard InChI is InChI=1S/C12H25NO2/c1-11(2)4-3-7-15-12(10-13)5-8-14-9-6-12/h11H,3-10,13H2,1-2H3. The second-order valence-electron chi connectivity index (χ2n) is 4.88. The largest absolute Gasteiger partial charge is 0.381 e. The molecule has 0 unspecified atom stereocenters. The zero-order valence-corrected chi connectivity index (χ0v) is 10.1. The summed E-state index contributed by atoms with van der Waals surface area (Å²) in [6, 6.07) is 0. The molecule has 3 heteroatoms. The molecule has 0 amide bonds. The van der Waals surface area contributed by atoms with E-state index in [0.717, 1.165) is 45.0 Å². The van der Waals surface area contributed by atoms with Crippen LogP contribution in [0, 0.1) is 5.92 Å². The lowest BCUT2D eigenvalue weighted by Crippen LogP contribution is -2.45. The second kappa shape index (κ2) is 6.46. The first-order valence-electron chi connectivity index (χ1n) is 6.10. The van der Waals surface area contributed by atoms with Gasteiger partial charge >= 0.3 is 0 Å². The van der Waals surface area contributed by atoms with Gasteiger partial charge < -0.3 is 15.2 Å². The van der Waals surface area contributed by atoms with Crippen LogP contribution < -0.4 is 5.73 Å². The first kappa shape index (κ1) is 12.9. The zero-order chi connectivity index (χ0) is 11.1. The minimum absolute atomic E-state index is 0.0881. The van der Waals surface area contributed by atoms with Gasteiger partial charge in [0.2, 0.25) is 0 Å². The Balaban J connectivity index is 2.20. The molecular weight excluding hydrogens is 190 g/mol. The van der Waals surface area contributed by atoms with Crippen molar-refractivity contribution in [2.45, 2.75) is 45.1 Å². The summed E-state index contributed by atoms with van der Waals surface area (Å²) < 4.78 is 11.3. The van der Waals surface area contributed by atoms with Gasteiger partial charge in [0.1, 0.15) is 0 Å². The maximum atomic E-state index is 5.97. The van der Waals surface area contributed by atoms with Gasteiger partial charge in [0.15, 0.2) is 0 Å². The van der Waals surface area contributed by atoms with E-state index >= 15 is 0 Å². The molecule has 1 saturated heterocycles. The molecule has 1 fully saturated rings. The van der Waals surface area contributed by atoms with Crippen molar-refractivity contribution in [3.05, 3.63) is 0 Å². The van der Waals surface area contributed by atoms with Crippen LogP contribution in [0.25, 0.3) is 0 Å². The first-order chi connectivity index (χ1) is 7.18. The average molecular weight is 215 g/mol. The smallest absolute Gasteiger partial charge is 0.0847 e. The number of rotatable bonds is 6. The molecule has 3 nitrogen and oxygen atoms in total. The molecule has 1 rings (SSSR count). The number of nitrogens with two attached hydrogens (primary N) is 1. The minimum atomic E-state index is -0.0881. The Kier molecular flexibility index (Phi) is 5.58. The number of hydrogen-bond donors (Lipinski definition) is 1. The molecule has 0 saturated carbocycles. The lowest BCUT2D eigenvalue weighted by atomic mass is 9.94. The Labute approximate surface area is 93.3 Å². The third kappa shape index (κ3) is 4.49. The molecule has 90 valence electrons. The van der Waals surface area contributed by atoms with E-state index in [-0.39, 0.29) is 5.60 Å². The maximum absolute atomic E-state index is 5.97. The van der Waals surface area contributed by atoms with Crippen LogP contribution in [-0.2, 0) is 9.47 Å². The van der Waals surface area contributed by atoms with E-state index < -0.39 is 0 Å². The number of hydrogen-bond acceptors (Lipinski definition) is 3. The lowest BCUT2D eigenvalue weighted by Gasteiger charge is -2.36. The van der Waals surface area contributed by atoms with Gasteiger partial charge in [-0.25, -0.2) is 0 Å². The van der Waals surface area contributed by atoms with Crippen LogP contribution in [0.15, 0.2) is 0 Å². The van der Waals surface area contributed by atoms with Crippen molar-refractivity contribution in [1.82, 2.24) is 0 Å². The van der Waals surface area contributed by atoms with Crippen molar-refractivity contribution in [3.63, 3.8) is 0 Å². The van der Waals surface area contributed by atoms with Crippen molar-refractivity contribution in [2.75, 3.05) is 26.4 Å². The fourth-order valence-corrected chi connectivity index (χ4v) is 1.93. The lowest BCUT2D eigenvalue weighted by molar-refractivity contribution is -0.106. The van der Waals surface area contributed by atoms with Crippen LogP contribution in [0.4, 0.5) is 0 Å². The summed E-state index contributed by atoms with van der Waals surface area (Å²) >= 11 is 0. The highest BCUT2D eigenvalue weighted by atomic mass is 16.5. The van der Waals surface area contributed by atoms with Gasteiger partial charge in [0.25, 0.3) is 0 Å². The van der Waals surface area contributed by atoms with Crippen LogP contribution in [0.5, 0.6) is 0 Å². The van der Waals surface area contributed by atoms with Gasteiger partial charge in [-0.15, -0.1) is 0 Å². The monoisotopic (exact) mass is 215 g/mol. The molecule has 0 aliphatic carbocycles. The summed E-state index contributed by atoms with van der Waals surface area (Å²) in [6.07, 6.45) is 4.27. The quantitative estimate of drug-likeness (QED) is 0.689. The minimum Gasteiger partial charge on any atom is -0.381 e. The Hall–Kier alpha value is -0.120. The molecule has 2 N–H and O–H groups in total. The van der Waals surface area contributed by atoms with E-state index in [2.05, 4.69) is 13.8 Å². The molecule has 1 aliphatic heterocycles. The molecular formula is C12H25NO2. The molecule has 15 heavy (non-hydrogen) atoms. The second-order valence-corrected chi connectivity index (χ2v) is 4.88. The Morgan fingerprint density at radius 1 is 1.33 bits per heavy atom. The predicted molar refractivity (Wildman–Crippen MR) is 61.9 cm³/mol. The molecule has 0 aromatic heterocycles. The van der Waals surface area contributed by atoms with E-state index in [4.69, 9.17) is 15.2 Å². The van der Waals surface area contributed by atoms with E-state index in [1.54, 1.807) is 0 Å². The SMILES string of the molecule is CC(C)CCCOC1(CN)CCOCC1. The number of ether oxygens (including phenoxy) is 2. The van der Waals surface area contributed by atoms with Crippen LogP contribution in [-0.4, -0.2) is 32.0 Å². The summed E-state index contributed by atoms with van der Waals surface area (Å²) in [5.41, 5.74) is 5.71. The molecule has 1 heterocycles. The van der Waals surface area contributed by atoms with Crippen LogP contribution in [0.3, 0.4) is 0 Å². The fraction of sp³-hybridized carbons (Fsp3) is 1.00. The Morgan fingerprint density at radius 3 is 2.53 bits per heavy atom. The van der Waals surface area contributed by atoms with Crippen LogP contribution >= 0.6 is 0 Å². The molecule has 0 spiro atoms. The molecule has 0 bridgehead atoms. The molecule has 0 aromatic carbocycles. The summed E-state index contributed by atoms with van der Waals surface area (Å²) in [5, 5.41) is 0. The highest BCUT2D eigenvalue weighted by molar-refractivity contribution is 4.84. The molecule has 1 aliphatic rings. The van der Waals surface area contributed by atoms with Crippen molar-refractivity contribution < 1.29 is 9.47 Å². The topological polar surface area (TPSA) is 44.5 Å². The first-order valence-corrected chi connectivity index (χ1v) is 6.10. The third-order valence-electron chi connectivity index (χ3n) is 3.11. The van der Waals surface area contributed by atoms with E-state index in [0.29, 0.717) is 6.54 Å². The normalized spacial score (nSPS) is 20.8. The Morgan fingerprint density at radius 2 is 2.00 bits per heavy atom. The molecule has 0 atom stereocenters. The maximum Gasteiger partial charge on any atom is 0.0847 e. The zero-order valence-electron chi connectivity index (χ0n) is 10.1. The van der Waals surface area contributed by atoms with Gasteiger partial charge in [-0.05, 0) is 18.8 Å². The van der Waals surface area contributed by atoms with E-state index in [9.17, 15) is 0 Å². The average Bonchev–Trinajstić information content (AvgIpc) is 2.26. The van der Waals surface area contributed by atoms with Gasteiger partial charge in [0, 0.05) is 39.2 Å². The predicted octanol–water partition coefficient (Wildman–Crippen LogP) is 1.95. The van der Waals surface area contributed by atoms with Crippen molar-refractivity contribution in [1.29, 1.82) is 0 Å². The highest BCUT2D eigenvalue weighted by Gasteiger charge is 2.31. The highest BCUT2D eigenvalue weighted by Crippen LogP contribution is 2.24. The fourth-order valence-electron chi connectivity index (χ4n) is 1.93. The van der Waals surface area contributed by atoms with Crippen molar-refractivity contribution in [2.24, 2.45) is 11.7 Å². The molecule has 0 radical (unpaired) electrons. The van der Waals surface area contributed by atoms with Crippen LogP contribution in [0.2, 0.25) is 0 Å². The summed E-state index contributed by atoms with van der Waals surface area (Å²) in [4.78, 5) is 0. The van der Waals surface area contributed by atoms with Crippen molar-refractivity contribution in [3.8, 4) is 0 Å². The summed E-state index contributed by atoms with van der Waals surface area (Å²) in [7, 11) is 0. The van der Waals surface area contributed by atoms with Crippen molar-refractivity contribution >= 4 is 0 Å².